The molecule has 9 heteroatoms. The summed E-state index contributed by atoms with van der Waals surface area (Å²) in [6.07, 6.45) is -0.166. The van der Waals surface area contributed by atoms with Gasteiger partial charge in [-0.1, -0.05) is 26.0 Å². The van der Waals surface area contributed by atoms with Crippen LogP contribution in [0.1, 0.15) is 32.1 Å². The Hall–Kier alpha value is -3.88. The van der Waals surface area contributed by atoms with Crippen LogP contribution in [0.25, 0.3) is 11.0 Å². The van der Waals surface area contributed by atoms with Gasteiger partial charge in [0.1, 0.15) is 17.6 Å². The number of para-hydroxylation sites is 2. The number of aromatic amines is 1. The van der Waals surface area contributed by atoms with Crippen LogP contribution in [-0.4, -0.2) is 41.0 Å². The number of imidazole rings is 1. The minimum Gasteiger partial charge on any atom is -0.497 e. The molecule has 32 heavy (non-hydrogen) atoms. The van der Waals surface area contributed by atoms with E-state index in [1.165, 1.54) is 7.11 Å². The van der Waals surface area contributed by atoms with E-state index >= 15 is 0 Å². The molecule has 1 aliphatic heterocycles. The van der Waals surface area contributed by atoms with Crippen LogP contribution in [0, 0.1) is 5.92 Å². The highest BCUT2D eigenvalue weighted by Gasteiger charge is 2.40. The third-order valence-electron chi connectivity index (χ3n) is 5.42. The van der Waals surface area contributed by atoms with Gasteiger partial charge in [0.05, 0.1) is 36.3 Å². The summed E-state index contributed by atoms with van der Waals surface area (Å²) in [6.45, 7) is 3.96. The molecule has 0 bridgehead atoms. The molecular weight excluding hydrogens is 410 g/mol. The van der Waals surface area contributed by atoms with E-state index < -0.39 is 18.0 Å². The molecule has 0 spiro atoms. The van der Waals surface area contributed by atoms with Gasteiger partial charge in [0.15, 0.2) is 0 Å². The Balaban J connectivity index is 1.45. The fourth-order valence-electron chi connectivity index (χ4n) is 3.73. The maximum absolute atomic E-state index is 12.8. The predicted molar refractivity (Wildman–Crippen MR) is 119 cm³/mol. The number of rotatable bonds is 7. The molecule has 1 fully saturated rings. The summed E-state index contributed by atoms with van der Waals surface area (Å²) in [4.78, 5) is 46.9. The lowest BCUT2D eigenvalue weighted by molar-refractivity contribution is -0.126. The number of H-pyrrole nitrogens is 1. The number of imide groups is 1. The SMILES string of the molecule is COc1ccc(N2C(=O)N[C@H](CC(=O)N[C@@H](c3nc4ccccc4[nH]3)C(C)C)C2=O)cc1. The van der Waals surface area contributed by atoms with Crippen LogP contribution < -0.4 is 20.3 Å². The molecule has 1 aromatic heterocycles. The van der Waals surface area contributed by atoms with E-state index in [9.17, 15) is 14.4 Å². The molecule has 2 atom stereocenters. The van der Waals surface area contributed by atoms with Crippen molar-refractivity contribution >= 4 is 34.6 Å². The zero-order valence-electron chi connectivity index (χ0n) is 18.1. The van der Waals surface area contributed by atoms with Crippen molar-refractivity contribution < 1.29 is 19.1 Å². The van der Waals surface area contributed by atoms with Gasteiger partial charge in [-0.15, -0.1) is 0 Å². The van der Waals surface area contributed by atoms with Crippen molar-refractivity contribution in [1.29, 1.82) is 0 Å². The van der Waals surface area contributed by atoms with E-state index in [0.29, 0.717) is 17.3 Å². The molecule has 1 aliphatic rings. The first-order valence-corrected chi connectivity index (χ1v) is 10.4. The quantitative estimate of drug-likeness (QED) is 0.494. The summed E-state index contributed by atoms with van der Waals surface area (Å²) >= 11 is 0. The van der Waals surface area contributed by atoms with E-state index in [0.717, 1.165) is 15.9 Å². The number of fused-ring (bicyclic) bond motifs is 1. The van der Waals surface area contributed by atoms with Crippen LogP contribution in [0.2, 0.25) is 0 Å². The van der Waals surface area contributed by atoms with Gasteiger partial charge in [-0.3, -0.25) is 9.59 Å². The van der Waals surface area contributed by atoms with Crippen molar-refractivity contribution in [3.05, 3.63) is 54.4 Å². The van der Waals surface area contributed by atoms with Gasteiger partial charge in [-0.2, -0.15) is 0 Å². The number of nitrogens with zero attached hydrogens (tertiary/aromatic N) is 2. The summed E-state index contributed by atoms with van der Waals surface area (Å²) < 4.78 is 5.11. The highest BCUT2D eigenvalue weighted by atomic mass is 16.5. The Labute approximate surface area is 185 Å². The number of nitrogens with one attached hydrogen (secondary N) is 3. The van der Waals surface area contributed by atoms with E-state index in [1.807, 2.05) is 38.1 Å². The molecule has 2 aromatic carbocycles. The standard InChI is InChI=1S/C23H25N5O4/c1-13(2)20(21-24-16-6-4-5-7-17(16)25-21)27-19(29)12-18-22(30)28(23(31)26-18)14-8-10-15(32-3)11-9-14/h4-11,13,18,20H,12H2,1-3H3,(H,24,25)(H,26,31)(H,27,29)/t18-,20-/m1/s1. The lowest BCUT2D eigenvalue weighted by atomic mass is 10.0. The van der Waals surface area contributed by atoms with Gasteiger partial charge in [-0.05, 0) is 42.3 Å². The second kappa shape index (κ2) is 8.70. The van der Waals surface area contributed by atoms with Crippen LogP contribution in [-0.2, 0) is 9.59 Å². The molecule has 2 heterocycles. The Kier molecular flexibility index (Phi) is 5.81. The highest BCUT2D eigenvalue weighted by Crippen LogP contribution is 2.25. The van der Waals surface area contributed by atoms with Crippen molar-refractivity contribution in [3.63, 3.8) is 0 Å². The topological polar surface area (TPSA) is 116 Å². The Bertz CT molecular complexity index is 1120. The summed E-state index contributed by atoms with van der Waals surface area (Å²) in [6, 6.07) is 12.3. The monoisotopic (exact) mass is 435 g/mol. The van der Waals surface area contributed by atoms with Crippen molar-refractivity contribution in [2.75, 3.05) is 12.0 Å². The highest BCUT2D eigenvalue weighted by molar-refractivity contribution is 6.22. The number of hydrogen-bond acceptors (Lipinski definition) is 5. The van der Waals surface area contributed by atoms with Crippen LogP contribution in [0.4, 0.5) is 10.5 Å². The summed E-state index contributed by atoms with van der Waals surface area (Å²) in [5.74, 6) is 0.502. The second-order valence-corrected chi connectivity index (χ2v) is 8.01. The smallest absolute Gasteiger partial charge is 0.329 e. The average Bonchev–Trinajstić information content (AvgIpc) is 3.32. The Morgan fingerprint density at radius 3 is 2.53 bits per heavy atom. The van der Waals surface area contributed by atoms with Gasteiger partial charge in [-0.25, -0.2) is 14.7 Å². The van der Waals surface area contributed by atoms with Gasteiger partial charge in [0.25, 0.3) is 5.91 Å². The lowest BCUT2D eigenvalue weighted by Crippen LogP contribution is -2.39. The molecule has 4 amide bonds. The molecule has 9 nitrogen and oxygen atoms in total. The molecule has 0 radical (unpaired) electrons. The number of urea groups is 1. The molecule has 1 saturated heterocycles. The molecule has 0 unspecified atom stereocenters. The molecule has 166 valence electrons. The summed E-state index contributed by atoms with van der Waals surface area (Å²) in [5, 5.41) is 5.55. The number of ether oxygens (including phenoxy) is 1. The third kappa shape index (κ3) is 4.14. The van der Waals surface area contributed by atoms with Gasteiger partial charge in [0, 0.05) is 0 Å². The number of aromatic nitrogens is 2. The Morgan fingerprint density at radius 2 is 1.88 bits per heavy atom. The van der Waals surface area contributed by atoms with Crippen LogP contribution in [0.3, 0.4) is 0 Å². The molecule has 0 saturated carbocycles. The second-order valence-electron chi connectivity index (χ2n) is 8.01. The zero-order chi connectivity index (χ0) is 22.8. The molecule has 3 N–H and O–H groups in total. The number of anilines is 1. The van der Waals surface area contributed by atoms with Crippen molar-refractivity contribution in [3.8, 4) is 5.75 Å². The van der Waals surface area contributed by atoms with E-state index in [4.69, 9.17) is 4.74 Å². The van der Waals surface area contributed by atoms with Gasteiger partial charge >= 0.3 is 6.03 Å². The number of amides is 4. The Morgan fingerprint density at radius 1 is 1.16 bits per heavy atom. The van der Waals surface area contributed by atoms with Gasteiger partial charge < -0.3 is 20.4 Å². The summed E-state index contributed by atoms with van der Waals surface area (Å²) in [7, 11) is 1.53. The van der Waals surface area contributed by atoms with E-state index in [1.54, 1.807) is 24.3 Å². The first-order chi connectivity index (χ1) is 15.4. The molecule has 0 aliphatic carbocycles. The molecular formula is C23H25N5O4. The maximum Gasteiger partial charge on any atom is 0.329 e. The minimum absolute atomic E-state index is 0.0594. The number of carbonyl (C=O) groups is 3. The van der Waals surface area contributed by atoms with Crippen LogP contribution in [0.15, 0.2) is 48.5 Å². The molecule has 3 aromatic rings. The van der Waals surface area contributed by atoms with Crippen molar-refractivity contribution in [2.24, 2.45) is 5.92 Å². The summed E-state index contributed by atoms with van der Waals surface area (Å²) in [5.41, 5.74) is 2.12. The number of benzene rings is 2. The first-order valence-electron chi connectivity index (χ1n) is 10.4. The maximum atomic E-state index is 12.8. The number of hydrogen-bond donors (Lipinski definition) is 3. The first kappa shape index (κ1) is 21.4. The van der Waals surface area contributed by atoms with Crippen LogP contribution in [0.5, 0.6) is 5.75 Å². The number of carbonyl (C=O) groups excluding carboxylic acids is 3. The fourth-order valence-corrected chi connectivity index (χ4v) is 3.73. The third-order valence-corrected chi connectivity index (χ3v) is 5.42. The minimum atomic E-state index is -0.937. The lowest BCUT2D eigenvalue weighted by Gasteiger charge is -2.21. The van der Waals surface area contributed by atoms with Gasteiger partial charge in [0.2, 0.25) is 5.91 Å². The predicted octanol–water partition coefficient (Wildman–Crippen LogP) is 2.90. The molecule has 4 rings (SSSR count). The average molecular weight is 435 g/mol. The van der Waals surface area contributed by atoms with Crippen molar-refractivity contribution in [2.45, 2.75) is 32.4 Å². The number of methoxy groups -OCH3 is 1. The van der Waals surface area contributed by atoms with E-state index in [2.05, 4.69) is 20.6 Å². The normalized spacial score (nSPS) is 17.0. The largest absolute Gasteiger partial charge is 0.497 e. The van der Waals surface area contributed by atoms with E-state index in [-0.39, 0.29) is 24.3 Å². The van der Waals surface area contributed by atoms with Crippen LogP contribution >= 0.6 is 0 Å². The fraction of sp³-hybridized carbons (Fsp3) is 0.304. The van der Waals surface area contributed by atoms with Crippen molar-refractivity contribution in [1.82, 2.24) is 20.6 Å². The zero-order valence-corrected chi connectivity index (χ0v) is 18.1.